The summed E-state index contributed by atoms with van der Waals surface area (Å²) in [5.74, 6) is -1.01. The van der Waals surface area contributed by atoms with Crippen molar-refractivity contribution >= 4 is 27.8 Å². The number of carboxylic acids is 1. The van der Waals surface area contributed by atoms with Gasteiger partial charge in [0, 0.05) is 23.0 Å². The van der Waals surface area contributed by atoms with Crippen molar-refractivity contribution in [1.29, 1.82) is 0 Å². The minimum Gasteiger partial charge on any atom is -0.481 e. The molecule has 4 nitrogen and oxygen atoms in total. The highest BCUT2D eigenvalue weighted by molar-refractivity contribution is 9.10. The van der Waals surface area contributed by atoms with Crippen molar-refractivity contribution in [2.45, 2.75) is 19.8 Å². The smallest absolute Gasteiger partial charge is 0.303 e. The number of hydrogen-bond donors (Lipinski definition) is 2. The average Bonchev–Trinajstić information content (AvgIpc) is 2.23. The lowest BCUT2D eigenvalue weighted by molar-refractivity contribution is -0.137. The zero-order chi connectivity index (χ0) is 12.8. The molecule has 17 heavy (non-hydrogen) atoms. The van der Waals surface area contributed by atoms with E-state index in [1.54, 1.807) is 12.1 Å². The predicted molar refractivity (Wildman–Crippen MR) is 68.1 cm³/mol. The van der Waals surface area contributed by atoms with Gasteiger partial charge < -0.3 is 10.4 Å². The Morgan fingerprint density at radius 1 is 1.41 bits per heavy atom. The normalized spacial score (nSPS) is 10.0. The third kappa shape index (κ3) is 4.56. The minimum atomic E-state index is -0.848. The number of carbonyl (C=O) groups is 2. The van der Waals surface area contributed by atoms with E-state index < -0.39 is 5.97 Å². The quantitative estimate of drug-likeness (QED) is 0.820. The standard InChI is InChI=1S/C12H14BrNO3/c1-8-7-9(13)4-5-10(8)12(17)14-6-2-3-11(15)16/h4-5,7H,2-3,6H2,1H3,(H,14,17)(H,15,16). The molecule has 0 aliphatic carbocycles. The van der Waals surface area contributed by atoms with Crippen LogP contribution in [0.15, 0.2) is 22.7 Å². The molecule has 0 radical (unpaired) electrons. The third-order valence-electron chi connectivity index (χ3n) is 2.29. The van der Waals surface area contributed by atoms with Crippen LogP contribution in [0, 0.1) is 6.92 Å². The zero-order valence-corrected chi connectivity index (χ0v) is 11.1. The zero-order valence-electron chi connectivity index (χ0n) is 9.50. The van der Waals surface area contributed by atoms with Gasteiger partial charge in [-0.2, -0.15) is 0 Å². The second-order valence-corrected chi connectivity index (χ2v) is 4.63. The van der Waals surface area contributed by atoms with Gasteiger partial charge in [0.25, 0.3) is 5.91 Å². The summed E-state index contributed by atoms with van der Waals surface area (Å²) < 4.78 is 0.928. The van der Waals surface area contributed by atoms with Crippen LogP contribution >= 0.6 is 15.9 Å². The summed E-state index contributed by atoms with van der Waals surface area (Å²) in [5, 5.41) is 11.1. The molecule has 0 saturated heterocycles. The second kappa shape index (κ2) is 6.39. The summed E-state index contributed by atoms with van der Waals surface area (Å²) in [5.41, 5.74) is 1.50. The SMILES string of the molecule is Cc1cc(Br)ccc1C(=O)NCCCC(=O)O. The number of hydrogen-bond acceptors (Lipinski definition) is 2. The first-order chi connectivity index (χ1) is 8.00. The van der Waals surface area contributed by atoms with Crippen LogP contribution in [0.3, 0.4) is 0 Å². The monoisotopic (exact) mass is 299 g/mol. The van der Waals surface area contributed by atoms with Gasteiger partial charge in [0.05, 0.1) is 0 Å². The fourth-order valence-electron chi connectivity index (χ4n) is 1.42. The van der Waals surface area contributed by atoms with Gasteiger partial charge in [-0.1, -0.05) is 15.9 Å². The Labute approximate surface area is 108 Å². The van der Waals surface area contributed by atoms with Crippen LogP contribution in [0.5, 0.6) is 0 Å². The molecule has 0 aliphatic heterocycles. The second-order valence-electron chi connectivity index (χ2n) is 3.71. The summed E-state index contributed by atoms with van der Waals surface area (Å²) in [4.78, 5) is 22.0. The Hall–Kier alpha value is -1.36. The van der Waals surface area contributed by atoms with Crippen molar-refractivity contribution < 1.29 is 14.7 Å². The number of carboxylic acid groups (broad SMARTS) is 1. The lowest BCUT2D eigenvalue weighted by atomic mass is 10.1. The summed E-state index contributed by atoms with van der Waals surface area (Å²) in [6.45, 7) is 2.23. The van der Waals surface area contributed by atoms with Crippen molar-refractivity contribution in [1.82, 2.24) is 5.32 Å². The van der Waals surface area contributed by atoms with E-state index in [2.05, 4.69) is 21.2 Å². The van der Waals surface area contributed by atoms with Crippen molar-refractivity contribution in [3.63, 3.8) is 0 Å². The van der Waals surface area contributed by atoms with E-state index in [1.165, 1.54) is 0 Å². The van der Waals surface area contributed by atoms with Crippen LogP contribution < -0.4 is 5.32 Å². The molecule has 1 aromatic carbocycles. The molecule has 0 bridgehead atoms. The predicted octanol–water partition coefficient (Wildman–Crippen LogP) is 2.35. The molecule has 0 spiro atoms. The van der Waals surface area contributed by atoms with Gasteiger partial charge in [-0.25, -0.2) is 0 Å². The van der Waals surface area contributed by atoms with Crippen molar-refractivity contribution in [3.05, 3.63) is 33.8 Å². The van der Waals surface area contributed by atoms with Gasteiger partial charge in [-0.05, 0) is 37.1 Å². The van der Waals surface area contributed by atoms with Crippen molar-refractivity contribution in [2.75, 3.05) is 6.54 Å². The van der Waals surface area contributed by atoms with E-state index in [1.807, 2.05) is 13.0 Å². The van der Waals surface area contributed by atoms with Crippen LogP contribution in [0.1, 0.15) is 28.8 Å². The number of halogens is 1. The first-order valence-corrected chi connectivity index (χ1v) is 6.06. The topological polar surface area (TPSA) is 66.4 Å². The van der Waals surface area contributed by atoms with Crippen LogP contribution in [0.2, 0.25) is 0 Å². The third-order valence-corrected chi connectivity index (χ3v) is 2.78. The van der Waals surface area contributed by atoms with E-state index >= 15 is 0 Å². The molecule has 92 valence electrons. The lowest BCUT2D eigenvalue weighted by Crippen LogP contribution is -2.25. The number of aliphatic carboxylic acids is 1. The summed E-state index contributed by atoms with van der Waals surface area (Å²) in [7, 11) is 0. The molecule has 0 aromatic heterocycles. The molecule has 0 fully saturated rings. The molecule has 0 unspecified atom stereocenters. The number of nitrogens with one attached hydrogen (secondary N) is 1. The van der Waals surface area contributed by atoms with Gasteiger partial charge in [-0.15, -0.1) is 0 Å². The fourth-order valence-corrected chi connectivity index (χ4v) is 1.89. The Morgan fingerprint density at radius 2 is 2.12 bits per heavy atom. The van der Waals surface area contributed by atoms with E-state index in [-0.39, 0.29) is 12.3 Å². The van der Waals surface area contributed by atoms with Gasteiger partial charge >= 0.3 is 5.97 Å². The molecule has 2 N–H and O–H groups in total. The molecular weight excluding hydrogens is 286 g/mol. The highest BCUT2D eigenvalue weighted by Gasteiger charge is 2.08. The Kier molecular flexibility index (Phi) is 5.15. The maximum atomic E-state index is 11.7. The average molecular weight is 300 g/mol. The van der Waals surface area contributed by atoms with Gasteiger partial charge in [0.2, 0.25) is 0 Å². The minimum absolute atomic E-state index is 0.0690. The maximum absolute atomic E-state index is 11.7. The molecule has 0 saturated carbocycles. The maximum Gasteiger partial charge on any atom is 0.303 e. The number of carbonyl (C=O) groups excluding carboxylic acids is 1. The van der Waals surface area contributed by atoms with Gasteiger partial charge in [-0.3, -0.25) is 9.59 Å². The van der Waals surface area contributed by atoms with Crippen molar-refractivity contribution in [3.8, 4) is 0 Å². The molecule has 1 aromatic rings. The van der Waals surface area contributed by atoms with Crippen LogP contribution in [-0.4, -0.2) is 23.5 Å². The van der Waals surface area contributed by atoms with Crippen LogP contribution in [0.25, 0.3) is 0 Å². The largest absolute Gasteiger partial charge is 0.481 e. The molecule has 5 heteroatoms. The summed E-state index contributed by atoms with van der Waals surface area (Å²) in [6.07, 6.45) is 0.510. The Morgan fingerprint density at radius 3 is 2.71 bits per heavy atom. The van der Waals surface area contributed by atoms with Crippen molar-refractivity contribution in [2.24, 2.45) is 0 Å². The Balaban J connectivity index is 2.50. The van der Waals surface area contributed by atoms with Crippen LogP contribution in [0.4, 0.5) is 0 Å². The van der Waals surface area contributed by atoms with E-state index in [4.69, 9.17) is 5.11 Å². The molecule has 0 aliphatic rings. The highest BCUT2D eigenvalue weighted by atomic mass is 79.9. The van der Waals surface area contributed by atoms with Gasteiger partial charge in [0.1, 0.15) is 0 Å². The lowest BCUT2D eigenvalue weighted by Gasteiger charge is -2.07. The van der Waals surface area contributed by atoms with Crippen LogP contribution in [-0.2, 0) is 4.79 Å². The number of aryl methyl sites for hydroxylation is 1. The Bertz CT molecular complexity index is 432. The fraction of sp³-hybridized carbons (Fsp3) is 0.333. The molecule has 1 amide bonds. The molecule has 0 atom stereocenters. The van der Waals surface area contributed by atoms with Gasteiger partial charge in [0.15, 0.2) is 0 Å². The molecule has 0 heterocycles. The molecule has 1 rings (SSSR count). The van der Waals surface area contributed by atoms with E-state index in [0.717, 1.165) is 10.0 Å². The molecular formula is C12H14BrNO3. The first-order valence-electron chi connectivity index (χ1n) is 5.27. The van der Waals surface area contributed by atoms with E-state index in [9.17, 15) is 9.59 Å². The summed E-state index contributed by atoms with van der Waals surface area (Å²) >= 11 is 3.33. The number of benzene rings is 1. The highest BCUT2D eigenvalue weighted by Crippen LogP contribution is 2.15. The first kappa shape index (κ1) is 13.7. The van der Waals surface area contributed by atoms with E-state index in [0.29, 0.717) is 18.5 Å². The summed E-state index contributed by atoms with van der Waals surface area (Å²) in [6, 6.07) is 5.41. The number of rotatable bonds is 5. The number of amides is 1.